The molecule has 0 aliphatic carbocycles. The van der Waals surface area contributed by atoms with E-state index in [2.05, 4.69) is 9.47 Å². The topological polar surface area (TPSA) is 77.4 Å². The predicted molar refractivity (Wildman–Crippen MR) is 170 cm³/mol. The van der Waals surface area contributed by atoms with Crippen molar-refractivity contribution >= 4 is 25.2 Å². The van der Waals surface area contributed by atoms with Crippen molar-refractivity contribution in [1.82, 2.24) is 0 Å². The van der Waals surface area contributed by atoms with Crippen LogP contribution in [0.2, 0.25) is 0 Å². The van der Waals surface area contributed by atoms with Crippen molar-refractivity contribution < 1.29 is 108 Å². The van der Waals surface area contributed by atoms with Gasteiger partial charge in [0.1, 0.15) is 80.3 Å². The maximum Gasteiger partial charge on any atom is 0.495 e. The number of rotatable bonds is 8. The first-order chi connectivity index (χ1) is 27.1. The average Bonchev–Trinajstić information content (AvgIpc) is 3.23. The summed E-state index contributed by atoms with van der Waals surface area (Å²) in [7, 11) is -3.68. The van der Waals surface area contributed by atoms with E-state index in [1.165, 1.54) is 0 Å². The van der Waals surface area contributed by atoms with Crippen LogP contribution in [0.4, 0.5) is 79.0 Å². The lowest BCUT2D eigenvalue weighted by Crippen LogP contribution is -2.41. The monoisotopic (exact) mass is 890 g/mol. The lowest BCUT2D eigenvalue weighted by molar-refractivity contribution is -0.190. The van der Waals surface area contributed by atoms with Gasteiger partial charge in [-0.2, -0.15) is 43.9 Å². The third kappa shape index (κ3) is 10.0. The summed E-state index contributed by atoms with van der Waals surface area (Å²) in [5.74, 6) is -19.6. The van der Waals surface area contributed by atoms with Gasteiger partial charge in [-0.05, 0) is 62.9 Å². The van der Waals surface area contributed by atoms with Crippen molar-refractivity contribution in [2.24, 2.45) is 0 Å². The fourth-order valence-electron chi connectivity index (χ4n) is 5.16. The number of halogens is 18. The van der Waals surface area contributed by atoms with Crippen molar-refractivity contribution in [1.29, 1.82) is 0 Å². The molecular formula is C34H22B2F18O6. The van der Waals surface area contributed by atoms with Crippen molar-refractivity contribution in [3.05, 3.63) is 117 Å². The Balaban J connectivity index is 0.000000270. The zero-order valence-corrected chi connectivity index (χ0v) is 30.1. The third-order valence-electron chi connectivity index (χ3n) is 8.62. The molecule has 4 aromatic carbocycles. The predicted octanol–water partition coefficient (Wildman–Crippen LogP) is 8.76. The van der Waals surface area contributed by atoms with Gasteiger partial charge in [0.15, 0.2) is 0 Å². The van der Waals surface area contributed by atoms with Gasteiger partial charge in [-0.25, -0.2) is 35.1 Å². The van der Waals surface area contributed by atoms with E-state index in [-0.39, 0.29) is 41.9 Å². The highest BCUT2D eigenvalue weighted by Gasteiger charge is 2.53. The first-order valence-corrected chi connectivity index (χ1v) is 16.1. The largest absolute Gasteiger partial charge is 0.495 e. The summed E-state index contributed by atoms with van der Waals surface area (Å²) >= 11 is 0. The Labute approximate surface area is 325 Å². The van der Waals surface area contributed by atoms with Gasteiger partial charge in [-0.15, -0.1) is 0 Å². The molecule has 1 aliphatic heterocycles. The quantitative estimate of drug-likeness (QED) is 0.136. The maximum absolute atomic E-state index is 14.5. The van der Waals surface area contributed by atoms with E-state index in [0.717, 1.165) is 0 Å². The molecule has 60 heavy (non-hydrogen) atoms. The third-order valence-corrected chi connectivity index (χ3v) is 8.62. The van der Waals surface area contributed by atoms with E-state index < -0.39 is 136 Å². The summed E-state index contributed by atoms with van der Waals surface area (Å²) in [6.07, 6.45) is -20.7. The first-order valence-electron chi connectivity index (χ1n) is 16.1. The van der Waals surface area contributed by atoms with Gasteiger partial charge >= 0.3 is 38.8 Å². The highest BCUT2D eigenvalue weighted by Crippen LogP contribution is 2.42. The van der Waals surface area contributed by atoms with E-state index in [9.17, 15) is 79.0 Å². The van der Waals surface area contributed by atoms with E-state index in [1.807, 2.05) is 0 Å². The molecule has 26 heteroatoms. The molecular weight excluding hydrogens is 868 g/mol. The molecule has 6 nitrogen and oxygen atoms in total. The smallest absolute Gasteiger partial charge is 0.429 e. The molecule has 5 rings (SSSR count). The molecule has 1 fully saturated rings. The van der Waals surface area contributed by atoms with Crippen molar-refractivity contribution in [3.8, 4) is 11.5 Å². The average molecular weight is 890 g/mol. The lowest BCUT2D eigenvalue weighted by Gasteiger charge is -2.32. The molecule has 0 saturated carbocycles. The second kappa shape index (κ2) is 16.2. The molecule has 0 radical (unpaired) electrons. The van der Waals surface area contributed by atoms with Crippen LogP contribution in [0.25, 0.3) is 0 Å². The Kier molecular flexibility index (Phi) is 12.9. The number of hydrogen-bond acceptors (Lipinski definition) is 6. The summed E-state index contributed by atoms with van der Waals surface area (Å²) in [4.78, 5) is 0. The Morgan fingerprint density at radius 3 is 1.00 bits per heavy atom. The van der Waals surface area contributed by atoms with Crippen LogP contribution in [0, 0.1) is 46.5 Å². The van der Waals surface area contributed by atoms with E-state index in [1.54, 1.807) is 27.7 Å². The van der Waals surface area contributed by atoms with Gasteiger partial charge in [0, 0.05) is 24.3 Å². The molecule has 0 amide bonds. The van der Waals surface area contributed by atoms with Crippen molar-refractivity contribution in [2.75, 3.05) is 0 Å². The van der Waals surface area contributed by atoms with E-state index >= 15 is 0 Å². The van der Waals surface area contributed by atoms with Gasteiger partial charge in [-0.3, -0.25) is 0 Å². The first kappa shape index (κ1) is 47.9. The summed E-state index contributed by atoms with van der Waals surface area (Å²) in [5, 5.41) is 17.6. The number of hydrogen-bond donors (Lipinski definition) is 2. The van der Waals surface area contributed by atoms with Crippen LogP contribution >= 0.6 is 0 Å². The molecule has 1 saturated heterocycles. The highest BCUT2D eigenvalue weighted by atomic mass is 19.4. The van der Waals surface area contributed by atoms with Crippen molar-refractivity contribution in [2.45, 2.75) is 63.5 Å². The van der Waals surface area contributed by atoms with Gasteiger partial charge in [0.25, 0.3) is 0 Å². The molecule has 0 bridgehead atoms. The van der Waals surface area contributed by atoms with Gasteiger partial charge in [0.2, 0.25) is 0 Å². The SMILES string of the molecule is CC1(C)OB(c2cc(F)c(C(F)(F)Oc3cc(F)c(C(F)(F)F)c(F)c3)c(F)c2)OC1(C)C.OB(O)c1cc(F)c(C(F)(F)Oc2cc(F)c(C(F)(F)F)c(F)c2)c(F)c1. The van der Waals surface area contributed by atoms with Gasteiger partial charge in [0.05, 0.1) is 11.2 Å². The standard InChI is InChI=1S/C20H16BF9O3.C14H6BF9O3/c1-17(2)18(3,4)33-21(32-17)9-5-11(22)16(12(23)6-9)20(29,30)31-10-7-13(24)15(14(25)8-10)19(26,27)28;16-7-1-5(15(25)26)2-8(17)12(7)14(23,24)27-6-3-9(18)11(10(19)4-6)13(20,21)22/h5-8H,1-4H3;1-4,25-26H. The number of benzene rings is 4. The normalized spacial score (nSPS) is 15.4. The molecule has 0 unspecified atom stereocenters. The van der Waals surface area contributed by atoms with Crippen LogP contribution in [0.15, 0.2) is 48.5 Å². The molecule has 1 heterocycles. The summed E-state index contributed by atoms with van der Waals surface area (Å²) in [6, 6.07) is 0.464. The van der Waals surface area contributed by atoms with Crippen LogP contribution in [-0.4, -0.2) is 35.5 Å². The summed E-state index contributed by atoms with van der Waals surface area (Å²) in [6.45, 7) is 6.60. The zero-order chi connectivity index (χ0) is 45.9. The van der Waals surface area contributed by atoms with Crippen LogP contribution in [-0.2, 0) is 33.9 Å². The second-order valence-electron chi connectivity index (χ2n) is 13.4. The number of ether oxygens (including phenoxy) is 2. The van der Waals surface area contributed by atoms with E-state index in [4.69, 9.17) is 19.4 Å². The molecule has 1 aliphatic rings. The fourth-order valence-corrected chi connectivity index (χ4v) is 5.16. The minimum Gasteiger partial charge on any atom is -0.429 e. The van der Waals surface area contributed by atoms with E-state index in [0.29, 0.717) is 12.1 Å². The Morgan fingerprint density at radius 2 is 0.733 bits per heavy atom. The minimum atomic E-state index is -5.46. The summed E-state index contributed by atoms with van der Waals surface area (Å²) in [5.41, 5.74) is -11.6. The highest BCUT2D eigenvalue weighted by molar-refractivity contribution is 6.62. The minimum absolute atomic E-state index is 0.133. The molecule has 4 aromatic rings. The molecule has 0 aromatic heterocycles. The maximum atomic E-state index is 14.5. The van der Waals surface area contributed by atoms with Crippen LogP contribution in [0.3, 0.4) is 0 Å². The Hall–Kier alpha value is -4.81. The molecule has 0 atom stereocenters. The molecule has 2 N–H and O–H groups in total. The molecule has 0 spiro atoms. The lowest BCUT2D eigenvalue weighted by atomic mass is 9.78. The van der Waals surface area contributed by atoms with Crippen LogP contribution in [0.1, 0.15) is 49.9 Å². The molecule has 326 valence electrons. The Morgan fingerprint density at radius 1 is 0.467 bits per heavy atom. The van der Waals surface area contributed by atoms with Gasteiger partial charge in [-0.1, -0.05) is 0 Å². The summed E-state index contributed by atoms with van der Waals surface area (Å²) < 4.78 is 262. The van der Waals surface area contributed by atoms with Crippen molar-refractivity contribution in [3.63, 3.8) is 0 Å². The zero-order valence-electron chi connectivity index (χ0n) is 30.1. The fraction of sp³-hybridized carbons (Fsp3) is 0.294. The second-order valence-corrected chi connectivity index (χ2v) is 13.4. The van der Waals surface area contributed by atoms with Crippen LogP contribution in [0.5, 0.6) is 11.5 Å². The number of alkyl halides is 10. The Bertz CT molecular complexity index is 2150. The van der Waals surface area contributed by atoms with Gasteiger partial charge < -0.3 is 28.8 Å². The van der Waals surface area contributed by atoms with Crippen LogP contribution < -0.4 is 20.4 Å².